The average molecular weight is 383 g/mol. The Kier molecular flexibility index (Phi) is 4.04. The summed E-state index contributed by atoms with van der Waals surface area (Å²) in [6.07, 6.45) is 0.663. The number of rotatable bonds is 3. The van der Waals surface area contributed by atoms with Gasteiger partial charge in [0.25, 0.3) is 0 Å². The first-order chi connectivity index (χ1) is 13.3. The maximum Gasteiger partial charge on any atom is 0.433 e. The van der Waals surface area contributed by atoms with Crippen LogP contribution in [-0.2, 0) is 13.2 Å². The van der Waals surface area contributed by atoms with Crippen molar-refractivity contribution in [3.8, 4) is 23.4 Å². The van der Waals surface area contributed by atoms with Crippen molar-refractivity contribution in [2.24, 2.45) is 7.05 Å². The molecule has 0 aliphatic heterocycles. The summed E-state index contributed by atoms with van der Waals surface area (Å²) in [5.74, 6) is 0.0313. The van der Waals surface area contributed by atoms with Gasteiger partial charge in [0.05, 0.1) is 29.0 Å². The Morgan fingerprint density at radius 3 is 2.68 bits per heavy atom. The van der Waals surface area contributed by atoms with Crippen LogP contribution < -0.4 is 4.74 Å². The lowest BCUT2D eigenvalue weighted by molar-refractivity contribution is -0.141. The fraction of sp³-hybridized carbons (Fsp3) is 0.105. The van der Waals surface area contributed by atoms with Crippen molar-refractivity contribution < 1.29 is 17.9 Å². The number of hydrogen-bond donors (Lipinski definition) is 0. The van der Waals surface area contributed by atoms with Crippen LogP contribution in [-0.4, -0.2) is 19.3 Å². The highest BCUT2D eigenvalue weighted by molar-refractivity contribution is 5.88. The fourth-order valence-corrected chi connectivity index (χ4v) is 2.87. The van der Waals surface area contributed by atoms with Gasteiger partial charge in [-0.3, -0.25) is 4.68 Å². The summed E-state index contributed by atoms with van der Waals surface area (Å²) >= 11 is 0. The summed E-state index contributed by atoms with van der Waals surface area (Å²) in [7, 11) is 1.80. The minimum Gasteiger partial charge on any atom is -0.438 e. The van der Waals surface area contributed by atoms with Gasteiger partial charge >= 0.3 is 6.18 Å². The Labute approximate surface area is 157 Å². The van der Waals surface area contributed by atoms with E-state index in [1.54, 1.807) is 42.2 Å². The third kappa shape index (κ3) is 3.16. The maximum absolute atomic E-state index is 13.0. The first-order valence-corrected chi connectivity index (χ1v) is 8.11. The predicted molar refractivity (Wildman–Crippen MR) is 94.1 cm³/mol. The molecule has 0 bridgehead atoms. The highest BCUT2D eigenvalue weighted by Crippen LogP contribution is 2.34. The second-order valence-electron chi connectivity index (χ2n) is 6.04. The van der Waals surface area contributed by atoms with Gasteiger partial charge in [0.2, 0.25) is 5.88 Å². The van der Waals surface area contributed by atoms with Crippen LogP contribution in [0.5, 0.6) is 11.6 Å². The molecule has 4 rings (SSSR count). The lowest BCUT2D eigenvalue weighted by Gasteiger charge is -2.11. The van der Waals surface area contributed by atoms with Crippen molar-refractivity contribution >= 4 is 10.9 Å². The van der Waals surface area contributed by atoms with Gasteiger partial charge in [-0.15, -0.1) is 0 Å². The molecule has 0 radical (unpaired) electrons. The third-order valence-corrected chi connectivity index (χ3v) is 4.10. The van der Waals surface area contributed by atoms with E-state index in [0.717, 1.165) is 11.2 Å². The largest absolute Gasteiger partial charge is 0.438 e. The second kappa shape index (κ2) is 6.42. The number of alkyl halides is 3. The van der Waals surface area contributed by atoms with Crippen LogP contribution in [0.1, 0.15) is 11.3 Å². The van der Waals surface area contributed by atoms with Crippen molar-refractivity contribution in [1.82, 2.24) is 19.3 Å². The van der Waals surface area contributed by atoms with Crippen LogP contribution in [0, 0.1) is 11.3 Å². The summed E-state index contributed by atoms with van der Waals surface area (Å²) in [6.45, 7) is 0. The molecule has 0 N–H and O–H groups in total. The summed E-state index contributed by atoms with van der Waals surface area (Å²) in [5.41, 5.74) is 0.260. The molecular weight excluding hydrogens is 371 g/mol. The molecule has 0 aliphatic carbocycles. The zero-order valence-electron chi connectivity index (χ0n) is 14.5. The van der Waals surface area contributed by atoms with E-state index in [1.807, 2.05) is 23.0 Å². The first kappa shape index (κ1) is 17.6. The molecule has 3 aromatic heterocycles. The Morgan fingerprint density at radius 1 is 1.18 bits per heavy atom. The molecule has 0 unspecified atom stereocenters. The minimum absolute atomic E-state index is 0.183. The van der Waals surface area contributed by atoms with Crippen LogP contribution in [0.3, 0.4) is 0 Å². The molecule has 0 saturated carbocycles. The van der Waals surface area contributed by atoms with Crippen LogP contribution in [0.25, 0.3) is 16.6 Å². The Hall–Kier alpha value is -3.80. The van der Waals surface area contributed by atoms with Gasteiger partial charge in [-0.1, -0.05) is 6.07 Å². The maximum atomic E-state index is 13.0. The number of benzene rings is 1. The van der Waals surface area contributed by atoms with Crippen molar-refractivity contribution in [2.45, 2.75) is 6.18 Å². The molecule has 4 aromatic rings. The van der Waals surface area contributed by atoms with Gasteiger partial charge in [-0.2, -0.15) is 23.5 Å². The zero-order chi connectivity index (χ0) is 19.9. The van der Waals surface area contributed by atoms with Crippen molar-refractivity contribution in [3.63, 3.8) is 0 Å². The Bertz CT molecular complexity index is 1220. The second-order valence-corrected chi connectivity index (χ2v) is 6.04. The van der Waals surface area contributed by atoms with Gasteiger partial charge in [-0.25, -0.2) is 4.98 Å². The number of pyridine rings is 1. The van der Waals surface area contributed by atoms with Gasteiger partial charge in [0.1, 0.15) is 11.4 Å². The monoisotopic (exact) mass is 383 g/mol. The lowest BCUT2D eigenvalue weighted by atomic mass is 10.2. The summed E-state index contributed by atoms with van der Waals surface area (Å²) < 4.78 is 48.3. The van der Waals surface area contributed by atoms with E-state index in [-0.39, 0.29) is 11.4 Å². The highest BCUT2D eigenvalue weighted by atomic mass is 19.4. The molecule has 0 spiro atoms. The van der Waals surface area contributed by atoms with E-state index in [9.17, 15) is 13.2 Å². The Balaban J connectivity index is 1.77. The zero-order valence-corrected chi connectivity index (χ0v) is 14.5. The number of aryl methyl sites for hydroxylation is 1. The smallest absolute Gasteiger partial charge is 0.433 e. The molecule has 1 aromatic carbocycles. The summed E-state index contributed by atoms with van der Waals surface area (Å²) in [6, 6.07) is 10.6. The molecule has 140 valence electrons. The van der Waals surface area contributed by atoms with E-state index in [0.29, 0.717) is 17.2 Å². The number of nitriles is 1. The van der Waals surface area contributed by atoms with Gasteiger partial charge in [0.15, 0.2) is 0 Å². The SMILES string of the molecule is Cn1cc(-n2ccc3c(Oc4cc(C#N)cc(C(F)(F)F)n4)cccc32)cn1. The molecule has 3 heterocycles. The van der Waals surface area contributed by atoms with E-state index >= 15 is 0 Å². The first-order valence-electron chi connectivity index (χ1n) is 8.11. The van der Waals surface area contributed by atoms with Gasteiger partial charge in [0, 0.05) is 30.9 Å². The number of aromatic nitrogens is 4. The van der Waals surface area contributed by atoms with Crippen molar-refractivity contribution in [3.05, 3.63) is 66.2 Å². The molecule has 6 nitrogen and oxygen atoms in total. The molecule has 0 atom stereocenters. The molecule has 0 amide bonds. The molecule has 0 saturated heterocycles. The van der Waals surface area contributed by atoms with E-state index in [1.165, 1.54) is 6.07 Å². The normalized spacial score (nSPS) is 11.5. The quantitative estimate of drug-likeness (QED) is 0.524. The highest BCUT2D eigenvalue weighted by Gasteiger charge is 2.33. The van der Waals surface area contributed by atoms with E-state index in [2.05, 4.69) is 10.1 Å². The minimum atomic E-state index is -4.68. The molecule has 28 heavy (non-hydrogen) atoms. The van der Waals surface area contributed by atoms with Gasteiger partial charge < -0.3 is 9.30 Å². The summed E-state index contributed by atoms with van der Waals surface area (Å²) in [4.78, 5) is 3.50. The Morgan fingerprint density at radius 2 is 2.00 bits per heavy atom. The summed E-state index contributed by atoms with van der Waals surface area (Å²) in [5, 5.41) is 13.8. The van der Waals surface area contributed by atoms with Crippen molar-refractivity contribution in [1.29, 1.82) is 5.26 Å². The van der Waals surface area contributed by atoms with Crippen molar-refractivity contribution in [2.75, 3.05) is 0 Å². The fourth-order valence-electron chi connectivity index (χ4n) is 2.87. The van der Waals surface area contributed by atoms with Gasteiger partial charge in [-0.05, 0) is 24.3 Å². The van der Waals surface area contributed by atoms with Crippen LogP contribution in [0.4, 0.5) is 13.2 Å². The molecule has 0 fully saturated rings. The number of nitrogens with zero attached hydrogens (tertiary/aromatic N) is 5. The number of halogens is 3. The molecular formula is C19H12F3N5O. The number of ether oxygens (including phenoxy) is 1. The van der Waals surface area contributed by atoms with E-state index in [4.69, 9.17) is 10.00 Å². The predicted octanol–water partition coefficient (Wildman–Crippen LogP) is 4.44. The number of hydrogen-bond acceptors (Lipinski definition) is 4. The molecule has 9 heteroatoms. The van der Waals surface area contributed by atoms with Crippen LogP contribution in [0.15, 0.2) is 55.0 Å². The van der Waals surface area contributed by atoms with Crippen LogP contribution in [0.2, 0.25) is 0 Å². The topological polar surface area (TPSA) is 68.7 Å². The standard InChI is InChI=1S/C19H12F3N5O/c1-26-11-13(10-24-26)27-6-5-14-15(27)3-2-4-16(14)28-18-8-12(9-23)7-17(25-18)19(20,21)22/h2-8,10-11H,1H3. The average Bonchev–Trinajstić information content (AvgIpc) is 3.27. The third-order valence-electron chi connectivity index (χ3n) is 4.10. The number of fused-ring (bicyclic) bond motifs is 1. The van der Waals surface area contributed by atoms with Crippen LogP contribution >= 0.6 is 0 Å². The lowest BCUT2D eigenvalue weighted by Crippen LogP contribution is -2.09. The van der Waals surface area contributed by atoms with E-state index < -0.39 is 11.9 Å². The molecule has 0 aliphatic rings.